The van der Waals surface area contributed by atoms with E-state index in [1.165, 1.54) is 12.1 Å². The number of rotatable bonds is 7. The van der Waals surface area contributed by atoms with Gasteiger partial charge in [0.15, 0.2) is 6.29 Å². The molecule has 1 aliphatic carbocycles. The number of benzene rings is 1. The van der Waals surface area contributed by atoms with Gasteiger partial charge in [-0.15, -0.1) is 0 Å². The quantitative estimate of drug-likeness (QED) is 0.511. The summed E-state index contributed by atoms with van der Waals surface area (Å²) in [5, 5.41) is 32.7. The number of likely N-dealkylation sites (N-methyl/N-ethyl adjacent to an activating group) is 1. The van der Waals surface area contributed by atoms with E-state index in [1.807, 2.05) is 7.05 Å². The number of fused-ring (bicyclic) bond motifs is 1. The van der Waals surface area contributed by atoms with Crippen molar-refractivity contribution >= 4 is 0 Å². The first-order valence-corrected chi connectivity index (χ1v) is 7.81. The molecule has 6 atom stereocenters. The monoisotopic (exact) mass is 325 g/mol. The molecule has 2 fully saturated rings. The summed E-state index contributed by atoms with van der Waals surface area (Å²) in [5.74, 6) is 0.218. The van der Waals surface area contributed by atoms with Gasteiger partial charge in [-0.2, -0.15) is 0 Å². The maximum absolute atomic E-state index is 10.2. The summed E-state index contributed by atoms with van der Waals surface area (Å²) in [4.78, 5) is 0. The third kappa shape index (κ3) is 3.29. The third-order valence-electron chi connectivity index (χ3n) is 4.50. The molecule has 2 aliphatic rings. The number of aliphatic hydroxyl groups excluding tert-OH is 2. The van der Waals surface area contributed by atoms with Crippen LogP contribution >= 0.6 is 0 Å². The summed E-state index contributed by atoms with van der Waals surface area (Å²) in [6.45, 7) is 1.42. The lowest BCUT2D eigenvalue weighted by Crippen LogP contribution is -2.53. The second kappa shape index (κ2) is 7.02. The summed E-state index contributed by atoms with van der Waals surface area (Å²) in [6.07, 6.45) is -2.52. The smallest absolute Gasteiger partial charge is 0.165 e. The first kappa shape index (κ1) is 16.5. The Labute approximate surface area is 134 Å². The van der Waals surface area contributed by atoms with Crippen molar-refractivity contribution in [2.24, 2.45) is 11.8 Å². The average molecular weight is 325 g/mol. The van der Waals surface area contributed by atoms with Gasteiger partial charge in [0.05, 0.1) is 37.4 Å². The van der Waals surface area contributed by atoms with Crippen molar-refractivity contribution in [3.05, 3.63) is 24.3 Å². The van der Waals surface area contributed by atoms with E-state index in [0.717, 1.165) is 0 Å². The van der Waals surface area contributed by atoms with E-state index in [9.17, 15) is 15.3 Å². The molecule has 0 amide bonds. The van der Waals surface area contributed by atoms with Crippen LogP contribution in [0.2, 0.25) is 0 Å². The number of phenols is 1. The molecule has 7 nitrogen and oxygen atoms in total. The molecular weight excluding hydrogens is 302 g/mol. The predicted molar refractivity (Wildman–Crippen MR) is 81.1 cm³/mol. The minimum absolute atomic E-state index is 0.164. The van der Waals surface area contributed by atoms with Gasteiger partial charge in [0, 0.05) is 12.5 Å². The van der Waals surface area contributed by atoms with Crippen molar-refractivity contribution in [2.45, 2.75) is 24.6 Å². The van der Waals surface area contributed by atoms with Gasteiger partial charge in [0.1, 0.15) is 11.5 Å². The summed E-state index contributed by atoms with van der Waals surface area (Å²) >= 11 is 0. The highest BCUT2D eigenvalue weighted by molar-refractivity contribution is 5.30. The summed E-state index contributed by atoms with van der Waals surface area (Å²) in [7, 11) is 1.83. The molecule has 7 heteroatoms. The third-order valence-corrected chi connectivity index (χ3v) is 4.50. The molecule has 1 aliphatic heterocycles. The largest absolute Gasteiger partial charge is 0.508 e. The van der Waals surface area contributed by atoms with Gasteiger partial charge >= 0.3 is 0 Å². The van der Waals surface area contributed by atoms with Crippen molar-refractivity contribution in [1.82, 2.24) is 5.32 Å². The number of aliphatic hydroxyl groups is 2. The van der Waals surface area contributed by atoms with Crippen LogP contribution < -0.4 is 10.1 Å². The van der Waals surface area contributed by atoms with Crippen molar-refractivity contribution in [3.63, 3.8) is 0 Å². The van der Waals surface area contributed by atoms with Gasteiger partial charge in [-0.05, 0) is 31.3 Å². The van der Waals surface area contributed by atoms with E-state index < -0.39 is 18.5 Å². The Kier molecular flexibility index (Phi) is 5.03. The number of ether oxygens (including phenoxy) is 3. The van der Waals surface area contributed by atoms with Gasteiger partial charge in [0.2, 0.25) is 0 Å². The molecule has 128 valence electrons. The molecule has 1 heterocycles. The fourth-order valence-corrected chi connectivity index (χ4v) is 3.17. The zero-order chi connectivity index (χ0) is 16.4. The van der Waals surface area contributed by atoms with Crippen LogP contribution in [-0.4, -0.2) is 66.7 Å². The molecule has 0 aromatic heterocycles. The highest BCUT2D eigenvalue weighted by atomic mass is 16.7. The second-order valence-corrected chi connectivity index (χ2v) is 5.97. The lowest BCUT2D eigenvalue weighted by molar-refractivity contribution is -0.311. The van der Waals surface area contributed by atoms with Crippen molar-refractivity contribution < 1.29 is 29.5 Å². The fraction of sp³-hybridized carbons (Fsp3) is 0.625. The summed E-state index contributed by atoms with van der Waals surface area (Å²) < 4.78 is 16.9. The number of phenolic OH excluding ortho intramolecular Hbond substituents is 1. The number of hydrogen-bond acceptors (Lipinski definition) is 7. The average Bonchev–Trinajstić information content (AvgIpc) is 2.70. The minimum atomic E-state index is -0.903. The normalized spacial score (nSPS) is 35.6. The lowest BCUT2D eigenvalue weighted by atomic mass is 9.94. The minimum Gasteiger partial charge on any atom is -0.508 e. The van der Waals surface area contributed by atoms with Gasteiger partial charge in [-0.1, -0.05) is 0 Å². The van der Waals surface area contributed by atoms with Gasteiger partial charge in [-0.25, -0.2) is 0 Å². The van der Waals surface area contributed by atoms with Crippen molar-refractivity contribution in [3.8, 4) is 11.5 Å². The number of nitrogens with one attached hydrogen (secondary N) is 1. The zero-order valence-corrected chi connectivity index (χ0v) is 13.0. The van der Waals surface area contributed by atoms with E-state index in [2.05, 4.69) is 5.32 Å². The maximum Gasteiger partial charge on any atom is 0.165 e. The van der Waals surface area contributed by atoms with E-state index in [-0.39, 0.29) is 30.3 Å². The molecule has 0 radical (unpaired) electrons. The standard InChI is InChI=1S/C16H23NO6/c1-17-6-7-21-16-12-14(20)13(19)11(15(12)23-16)8-22-10-4-2-9(18)3-5-10/h2-5,11-20H,6-8H2,1H3. The molecule has 1 saturated carbocycles. The molecule has 0 spiro atoms. The van der Waals surface area contributed by atoms with Crippen LogP contribution in [0.3, 0.4) is 0 Å². The summed E-state index contributed by atoms with van der Waals surface area (Å²) in [5.41, 5.74) is 0. The highest BCUT2D eigenvalue weighted by Gasteiger charge is 2.61. The topological polar surface area (TPSA) is 100 Å². The SMILES string of the molecule is CNCCOC1OC2C(COc3ccc(O)cc3)C(O)C(O)C12. The van der Waals surface area contributed by atoms with E-state index in [0.29, 0.717) is 18.9 Å². The number of aromatic hydroxyl groups is 1. The maximum atomic E-state index is 10.2. The highest BCUT2D eigenvalue weighted by Crippen LogP contribution is 2.46. The molecule has 3 rings (SSSR count). The van der Waals surface area contributed by atoms with E-state index in [4.69, 9.17) is 14.2 Å². The molecule has 6 unspecified atom stereocenters. The number of hydrogen-bond donors (Lipinski definition) is 4. The van der Waals surface area contributed by atoms with E-state index >= 15 is 0 Å². The first-order valence-electron chi connectivity index (χ1n) is 7.81. The molecule has 1 aromatic carbocycles. The van der Waals surface area contributed by atoms with Crippen LogP contribution in [0.4, 0.5) is 0 Å². The zero-order valence-electron chi connectivity index (χ0n) is 13.0. The van der Waals surface area contributed by atoms with E-state index in [1.54, 1.807) is 12.1 Å². The van der Waals surface area contributed by atoms with Crippen LogP contribution in [0.15, 0.2) is 24.3 Å². The Balaban J connectivity index is 1.54. The van der Waals surface area contributed by atoms with Crippen LogP contribution in [-0.2, 0) is 9.47 Å². The van der Waals surface area contributed by atoms with Crippen LogP contribution in [0.25, 0.3) is 0 Å². The van der Waals surface area contributed by atoms with Crippen molar-refractivity contribution in [2.75, 3.05) is 26.8 Å². The molecule has 0 bridgehead atoms. The van der Waals surface area contributed by atoms with Gasteiger partial charge < -0.3 is 34.8 Å². The molecule has 1 saturated heterocycles. The molecule has 4 N–H and O–H groups in total. The molecule has 1 aromatic rings. The Morgan fingerprint density at radius 1 is 1.17 bits per heavy atom. The summed E-state index contributed by atoms with van der Waals surface area (Å²) in [6, 6.07) is 6.36. The van der Waals surface area contributed by atoms with Crippen molar-refractivity contribution in [1.29, 1.82) is 0 Å². The van der Waals surface area contributed by atoms with Crippen LogP contribution in [0.5, 0.6) is 11.5 Å². The van der Waals surface area contributed by atoms with Gasteiger partial charge in [-0.3, -0.25) is 0 Å². The Hall–Kier alpha value is -1.38. The van der Waals surface area contributed by atoms with Gasteiger partial charge in [0.25, 0.3) is 0 Å². The second-order valence-electron chi connectivity index (χ2n) is 5.97. The molecule has 23 heavy (non-hydrogen) atoms. The Morgan fingerprint density at radius 2 is 1.91 bits per heavy atom. The van der Waals surface area contributed by atoms with Crippen LogP contribution in [0, 0.1) is 11.8 Å². The Morgan fingerprint density at radius 3 is 2.61 bits per heavy atom. The lowest BCUT2D eigenvalue weighted by Gasteiger charge is -2.42. The molecular formula is C16H23NO6. The first-order chi connectivity index (χ1) is 11.1. The Bertz CT molecular complexity index is 510. The fourth-order valence-electron chi connectivity index (χ4n) is 3.17. The predicted octanol–water partition coefficient (Wildman–Crippen LogP) is -0.300. The van der Waals surface area contributed by atoms with Crippen LogP contribution in [0.1, 0.15) is 0 Å².